The Balaban J connectivity index is 2.17. The number of hydrogen-bond acceptors (Lipinski definition) is 2. The first-order valence-electron chi connectivity index (χ1n) is 9.55. The standard InChI is InChI=1S/C21H36N4/c1-14-11-15(2)19(16(3)12-14)25-20(23-13-21(4,5)6)24-18-9-7-17(22)8-10-18/h11-12,17-18H,7-10,13,22H2,1-6H3,(H2,23,24,25). The predicted octanol–water partition coefficient (Wildman–Crippen LogP) is 4.29. The number of aliphatic imine (C=N–C) groups is 1. The third-order valence-electron chi connectivity index (χ3n) is 4.74. The first-order chi connectivity index (χ1) is 11.6. The first kappa shape index (κ1) is 19.8. The number of rotatable bonds is 3. The number of guanidine groups is 1. The van der Waals surface area contributed by atoms with Crippen LogP contribution in [0.25, 0.3) is 0 Å². The fraction of sp³-hybridized carbons (Fsp3) is 0.667. The zero-order valence-corrected chi connectivity index (χ0v) is 16.9. The van der Waals surface area contributed by atoms with Crippen LogP contribution in [-0.2, 0) is 0 Å². The lowest BCUT2D eigenvalue weighted by molar-refractivity contribution is 0.372. The number of nitrogens with two attached hydrogens (primary N) is 1. The molecule has 1 aromatic carbocycles. The normalized spacial score (nSPS) is 22.0. The van der Waals surface area contributed by atoms with Gasteiger partial charge in [-0.05, 0) is 63.0 Å². The van der Waals surface area contributed by atoms with E-state index in [1.807, 2.05) is 0 Å². The number of hydrogen-bond donors (Lipinski definition) is 3. The van der Waals surface area contributed by atoms with E-state index in [2.05, 4.69) is 64.3 Å². The minimum absolute atomic E-state index is 0.168. The van der Waals surface area contributed by atoms with Crippen molar-refractivity contribution in [1.82, 2.24) is 5.32 Å². The number of nitrogens with zero attached hydrogens (tertiary/aromatic N) is 1. The van der Waals surface area contributed by atoms with Gasteiger partial charge in [-0.25, -0.2) is 0 Å². The molecular formula is C21H36N4. The summed E-state index contributed by atoms with van der Waals surface area (Å²) in [5.74, 6) is 0.894. The third-order valence-corrected chi connectivity index (χ3v) is 4.74. The smallest absolute Gasteiger partial charge is 0.196 e. The van der Waals surface area contributed by atoms with Gasteiger partial charge in [-0.15, -0.1) is 0 Å². The highest BCUT2D eigenvalue weighted by Crippen LogP contribution is 2.23. The molecule has 1 aromatic rings. The molecule has 0 spiro atoms. The summed E-state index contributed by atoms with van der Waals surface area (Å²) in [6, 6.07) is 5.26. The molecule has 25 heavy (non-hydrogen) atoms. The van der Waals surface area contributed by atoms with Gasteiger partial charge in [0, 0.05) is 24.3 Å². The first-order valence-corrected chi connectivity index (χ1v) is 9.55. The molecule has 1 aliphatic carbocycles. The van der Waals surface area contributed by atoms with E-state index >= 15 is 0 Å². The highest BCUT2D eigenvalue weighted by molar-refractivity contribution is 5.95. The molecule has 0 unspecified atom stereocenters. The minimum Gasteiger partial charge on any atom is -0.353 e. The molecule has 0 heterocycles. The molecule has 4 heteroatoms. The van der Waals surface area contributed by atoms with E-state index in [-0.39, 0.29) is 5.41 Å². The molecule has 4 N–H and O–H groups in total. The molecule has 1 saturated carbocycles. The number of anilines is 1. The van der Waals surface area contributed by atoms with Crippen LogP contribution < -0.4 is 16.4 Å². The maximum atomic E-state index is 6.05. The van der Waals surface area contributed by atoms with Crippen molar-refractivity contribution in [2.75, 3.05) is 11.9 Å². The van der Waals surface area contributed by atoms with Crippen molar-refractivity contribution in [2.45, 2.75) is 79.3 Å². The van der Waals surface area contributed by atoms with Gasteiger partial charge in [-0.1, -0.05) is 38.5 Å². The Morgan fingerprint density at radius 1 is 1.08 bits per heavy atom. The average molecular weight is 345 g/mol. The lowest BCUT2D eigenvalue weighted by atomic mass is 9.92. The van der Waals surface area contributed by atoms with Gasteiger partial charge < -0.3 is 16.4 Å². The van der Waals surface area contributed by atoms with Crippen molar-refractivity contribution in [3.8, 4) is 0 Å². The summed E-state index contributed by atoms with van der Waals surface area (Å²) < 4.78 is 0. The van der Waals surface area contributed by atoms with Gasteiger partial charge in [-0.2, -0.15) is 0 Å². The molecule has 2 rings (SSSR count). The van der Waals surface area contributed by atoms with Crippen LogP contribution in [0, 0.1) is 26.2 Å². The van der Waals surface area contributed by atoms with Crippen molar-refractivity contribution < 1.29 is 0 Å². The molecule has 0 aliphatic heterocycles. The summed E-state index contributed by atoms with van der Waals surface area (Å²) in [5.41, 5.74) is 11.2. The van der Waals surface area contributed by atoms with E-state index < -0.39 is 0 Å². The Bertz CT molecular complexity index is 582. The Morgan fingerprint density at radius 3 is 2.16 bits per heavy atom. The second kappa shape index (κ2) is 8.22. The van der Waals surface area contributed by atoms with Gasteiger partial charge >= 0.3 is 0 Å². The number of benzene rings is 1. The second-order valence-electron chi connectivity index (χ2n) is 8.88. The zero-order chi connectivity index (χ0) is 18.6. The second-order valence-corrected chi connectivity index (χ2v) is 8.88. The van der Waals surface area contributed by atoms with Crippen LogP contribution in [0.2, 0.25) is 0 Å². The summed E-state index contributed by atoms with van der Waals surface area (Å²) in [4.78, 5) is 4.87. The molecule has 0 atom stereocenters. The maximum absolute atomic E-state index is 6.05. The molecule has 1 fully saturated rings. The number of aryl methyl sites for hydroxylation is 3. The topological polar surface area (TPSA) is 62.4 Å². The van der Waals surface area contributed by atoms with E-state index in [9.17, 15) is 0 Å². The van der Waals surface area contributed by atoms with E-state index in [1.165, 1.54) is 22.4 Å². The zero-order valence-electron chi connectivity index (χ0n) is 16.9. The molecule has 0 aromatic heterocycles. The summed E-state index contributed by atoms with van der Waals surface area (Å²) in [7, 11) is 0. The summed E-state index contributed by atoms with van der Waals surface area (Å²) in [6.45, 7) is 13.9. The van der Waals surface area contributed by atoms with E-state index in [4.69, 9.17) is 10.7 Å². The Hall–Kier alpha value is -1.55. The number of nitrogens with one attached hydrogen (secondary N) is 2. The lowest BCUT2D eigenvalue weighted by Gasteiger charge is -2.29. The molecule has 140 valence electrons. The molecule has 4 nitrogen and oxygen atoms in total. The fourth-order valence-electron chi connectivity index (χ4n) is 3.39. The van der Waals surface area contributed by atoms with Gasteiger partial charge in [0.15, 0.2) is 5.96 Å². The Kier molecular flexibility index (Phi) is 6.50. The van der Waals surface area contributed by atoms with Crippen LogP contribution in [0.15, 0.2) is 17.1 Å². The van der Waals surface area contributed by atoms with Gasteiger partial charge in [0.1, 0.15) is 0 Å². The van der Waals surface area contributed by atoms with Crippen LogP contribution in [0.5, 0.6) is 0 Å². The van der Waals surface area contributed by atoms with Crippen molar-refractivity contribution in [1.29, 1.82) is 0 Å². The summed E-state index contributed by atoms with van der Waals surface area (Å²) in [5, 5.41) is 7.23. The van der Waals surface area contributed by atoms with Gasteiger partial charge in [0.05, 0.1) is 0 Å². The largest absolute Gasteiger partial charge is 0.353 e. The van der Waals surface area contributed by atoms with Crippen LogP contribution in [-0.4, -0.2) is 24.6 Å². The minimum atomic E-state index is 0.168. The lowest BCUT2D eigenvalue weighted by Crippen LogP contribution is -2.43. The fourth-order valence-corrected chi connectivity index (χ4v) is 3.39. The summed E-state index contributed by atoms with van der Waals surface area (Å²) >= 11 is 0. The van der Waals surface area contributed by atoms with Crippen molar-refractivity contribution >= 4 is 11.6 Å². The molecule has 0 radical (unpaired) electrons. The Morgan fingerprint density at radius 2 is 1.64 bits per heavy atom. The molecule has 1 aliphatic rings. The maximum Gasteiger partial charge on any atom is 0.196 e. The van der Waals surface area contributed by atoms with Crippen LogP contribution in [0.4, 0.5) is 5.69 Å². The quantitative estimate of drug-likeness (QED) is 0.566. The van der Waals surface area contributed by atoms with Crippen LogP contribution >= 0.6 is 0 Å². The molecular weight excluding hydrogens is 308 g/mol. The monoisotopic (exact) mass is 344 g/mol. The van der Waals surface area contributed by atoms with Gasteiger partial charge in [-0.3, -0.25) is 4.99 Å². The van der Waals surface area contributed by atoms with E-state index in [0.29, 0.717) is 12.1 Å². The van der Waals surface area contributed by atoms with E-state index in [1.54, 1.807) is 0 Å². The molecule has 0 amide bonds. The van der Waals surface area contributed by atoms with Gasteiger partial charge in [0.2, 0.25) is 0 Å². The Labute approximate surface area is 153 Å². The van der Waals surface area contributed by atoms with Crippen LogP contribution in [0.3, 0.4) is 0 Å². The van der Waals surface area contributed by atoms with Crippen molar-refractivity contribution in [3.63, 3.8) is 0 Å². The highest BCUT2D eigenvalue weighted by Gasteiger charge is 2.20. The van der Waals surface area contributed by atoms with Crippen molar-refractivity contribution in [3.05, 3.63) is 28.8 Å². The van der Waals surface area contributed by atoms with E-state index in [0.717, 1.165) is 38.2 Å². The molecule has 0 saturated heterocycles. The van der Waals surface area contributed by atoms with Crippen LogP contribution in [0.1, 0.15) is 63.1 Å². The summed E-state index contributed by atoms with van der Waals surface area (Å²) in [6.07, 6.45) is 4.41. The third kappa shape index (κ3) is 6.35. The molecule has 0 bridgehead atoms. The van der Waals surface area contributed by atoms with Crippen molar-refractivity contribution in [2.24, 2.45) is 16.1 Å². The SMILES string of the molecule is Cc1cc(C)c(NC(=NCC(C)(C)C)NC2CCC(N)CC2)c(C)c1. The highest BCUT2D eigenvalue weighted by atomic mass is 15.2. The average Bonchev–Trinajstić information content (AvgIpc) is 2.49. The predicted molar refractivity (Wildman–Crippen MR) is 109 cm³/mol. The van der Waals surface area contributed by atoms with Gasteiger partial charge in [0.25, 0.3) is 0 Å².